The van der Waals surface area contributed by atoms with E-state index in [4.69, 9.17) is 0 Å². The van der Waals surface area contributed by atoms with E-state index >= 15 is 4.39 Å². The van der Waals surface area contributed by atoms with Crippen LogP contribution in [0, 0.1) is 34.9 Å². The Balaban J connectivity index is 1.36. The molecule has 11 heteroatoms. The third kappa shape index (κ3) is 6.87. The number of allylic oxidation sites excluding steroid dienone is 2. The molecule has 0 N–H and O–H groups in total. The van der Waals surface area contributed by atoms with Gasteiger partial charge < -0.3 is 4.74 Å². The number of halogens is 8. The molecule has 45 heavy (non-hydrogen) atoms. The Morgan fingerprint density at radius 2 is 1.22 bits per heavy atom. The summed E-state index contributed by atoms with van der Waals surface area (Å²) in [5.74, 6) is -8.53. The van der Waals surface area contributed by atoms with Crippen molar-refractivity contribution in [3.8, 4) is 39.4 Å². The van der Waals surface area contributed by atoms with E-state index in [9.17, 15) is 30.7 Å². The van der Waals surface area contributed by atoms with E-state index in [-0.39, 0.29) is 33.6 Å². The fourth-order valence-electron chi connectivity index (χ4n) is 4.60. The van der Waals surface area contributed by atoms with Crippen LogP contribution >= 0.6 is 0 Å². The summed E-state index contributed by atoms with van der Waals surface area (Å²) in [5.41, 5.74) is -1.60. The molecule has 0 bridgehead atoms. The van der Waals surface area contributed by atoms with Gasteiger partial charge in [-0.2, -0.15) is 8.78 Å². The van der Waals surface area contributed by atoms with Gasteiger partial charge in [-0.05, 0) is 78.9 Å². The highest BCUT2D eigenvalue weighted by molar-refractivity contribution is 5.69. The predicted molar refractivity (Wildman–Crippen MR) is 152 cm³/mol. The van der Waals surface area contributed by atoms with Crippen LogP contribution in [-0.4, -0.2) is 9.97 Å². The molecule has 0 aliphatic rings. The summed E-state index contributed by atoms with van der Waals surface area (Å²) >= 11 is 0. The number of rotatable bonds is 9. The Labute approximate surface area is 252 Å². The zero-order chi connectivity index (χ0) is 32.3. The van der Waals surface area contributed by atoms with E-state index in [0.29, 0.717) is 24.3 Å². The average Bonchev–Trinajstić information content (AvgIpc) is 2.98. The van der Waals surface area contributed by atoms with Crippen molar-refractivity contribution in [3.63, 3.8) is 0 Å². The second kappa shape index (κ2) is 12.9. The lowest BCUT2D eigenvalue weighted by molar-refractivity contribution is -0.189. The number of nitrogens with zero attached hydrogens (tertiary/aromatic N) is 2. The van der Waals surface area contributed by atoms with Gasteiger partial charge in [0.2, 0.25) is 0 Å². The molecule has 0 saturated heterocycles. The summed E-state index contributed by atoms with van der Waals surface area (Å²) in [6.07, 6.45) is 4.05. The van der Waals surface area contributed by atoms with Gasteiger partial charge in [-0.3, -0.25) is 0 Å². The van der Waals surface area contributed by atoms with Crippen LogP contribution in [0.4, 0.5) is 35.1 Å². The molecule has 4 aromatic carbocycles. The van der Waals surface area contributed by atoms with E-state index in [1.54, 1.807) is 12.4 Å². The molecule has 0 atom stereocenters. The van der Waals surface area contributed by atoms with Gasteiger partial charge in [0, 0.05) is 35.2 Å². The van der Waals surface area contributed by atoms with Gasteiger partial charge in [0.05, 0.1) is 0 Å². The molecular formula is C34H22F8N2O. The van der Waals surface area contributed by atoms with Crippen LogP contribution in [0.1, 0.15) is 24.5 Å². The maximum absolute atomic E-state index is 15.1. The minimum Gasteiger partial charge on any atom is -0.429 e. The van der Waals surface area contributed by atoms with Crippen molar-refractivity contribution in [2.45, 2.75) is 25.9 Å². The van der Waals surface area contributed by atoms with E-state index in [0.717, 1.165) is 48.7 Å². The molecule has 3 nitrogen and oxygen atoms in total. The third-order valence-electron chi connectivity index (χ3n) is 6.83. The molecule has 0 aliphatic heterocycles. The normalized spacial score (nSPS) is 11.8. The second-order valence-electron chi connectivity index (χ2n) is 9.92. The van der Waals surface area contributed by atoms with Crippen molar-refractivity contribution >= 4 is 0 Å². The van der Waals surface area contributed by atoms with Gasteiger partial charge in [0.15, 0.2) is 17.5 Å². The van der Waals surface area contributed by atoms with E-state index in [1.165, 1.54) is 12.1 Å². The largest absolute Gasteiger partial charge is 0.432 e. The molecule has 0 radical (unpaired) electrons. The number of aromatic nitrogens is 2. The van der Waals surface area contributed by atoms with Gasteiger partial charge in [0.1, 0.15) is 34.6 Å². The first-order chi connectivity index (χ1) is 21.5. The first kappa shape index (κ1) is 31.4. The molecule has 0 amide bonds. The fourth-order valence-corrected chi connectivity index (χ4v) is 4.60. The first-order valence-electron chi connectivity index (χ1n) is 13.5. The highest BCUT2D eigenvalue weighted by atomic mass is 19.3. The van der Waals surface area contributed by atoms with Crippen LogP contribution in [0.5, 0.6) is 5.75 Å². The maximum atomic E-state index is 15.1. The van der Waals surface area contributed by atoms with Crippen molar-refractivity contribution in [3.05, 3.63) is 137 Å². The minimum atomic E-state index is -4.62. The zero-order valence-electron chi connectivity index (χ0n) is 23.4. The smallest absolute Gasteiger partial charge is 0.429 e. The molecule has 0 unspecified atom stereocenters. The first-order valence-corrected chi connectivity index (χ1v) is 13.5. The Bertz CT molecular complexity index is 1870. The standard InChI is InChI=1S/C34H22F8N2O/c1-2-3-4-5-19-17-43-33(44-18-19)21-6-9-25(27(36)13-21)22-14-30(39)32(31(40)15-22)34(41,42)45-23-8-10-24(28(37)16-23)20-7-11-26(35)29(38)12-20/h2-3,6-18H,4-5H2,1H3/b3-2+. The fraction of sp³-hybridized carbons (Fsp3) is 0.118. The molecular weight excluding hydrogens is 604 g/mol. The Morgan fingerprint density at radius 1 is 0.644 bits per heavy atom. The van der Waals surface area contributed by atoms with Crippen LogP contribution in [-0.2, 0) is 12.5 Å². The minimum absolute atomic E-state index is 0.0845. The van der Waals surface area contributed by atoms with E-state index in [2.05, 4.69) is 14.7 Å². The molecule has 0 spiro atoms. The second-order valence-corrected chi connectivity index (χ2v) is 9.92. The summed E-state index contributed by atoms with van der Waals surface area (Å²) in [6.45, 7) is 1.91. The van der Waals surface area contributed by atoms with Crippen molar-refractivity contribution in [2.75, 3.05) is 0 Å². The lowest BCUT2D eigenvalue weighted by atomic mass is 10.00. The van der Waals surface area contributed by atoms with Crippen LogP contribution < -0.4 is 4.74 Å². The third-order valence-corrected chi connectivity index (χ3v) is 6.83. The molecule has 230 valence electrons. The topological polar surface area (TPSA) is 35.0 Å². The lowest BCUT2D eigenvalue weighted by Crippen LogP contribution is -2.25. The number of hydrogen-bond donors (Lipinski definition) is 0. The molecule has 5 aromatic rings. The summed E-state index contributed by atoms with van der Waals surface area (Å²) in [7, 11) is 0. The molecule has 0 saturated carbocycles. The number of benzene rings is 4. The Hall–Kier alpha value is -5.06. The van der Waals surface area contributed by atoms with Crippen molar-refractivity contribution in [1.82, 2.24) is 9.97 Å². The molecule has 1 aromatic heterocycles. The molecule has 0 fully saturated rings. The van der Waals surface area contributed by atoms with E-state index in [1.807, 2.05) is 19.1 Å². The molecule has 0 aliphatic carbocycles. The van der Waals surface area contributed by atoms with Crippen molar-refractivity contribution in [2.24, 2.45) is 0 Å². The summed E-state index contributed by atoms with van der Waals surface area (Å²) in [4.78, 5) is 8.47. The van der Waals surface area contributed by atoms with Crippen molar-refractivity contribution in [1.29, 1.82) is 0 Å². The maximum Gasteiger partial charge on any atom is 0.432 e. The quantitative estimate of drug-likeness (QED) is 0.121. The Kier molecular flexibility index (Phi) is 8.99. The van der Waals surface area contributed by atoms with Crippen LogP contribution in [0.2, 0.25) is 0 Å². The van der Waals surface area contributed by atoms with Crippen LogP contribution in [0.3, 0.4) is 0 Å². The van der Waals surface area contributed by atoms with Crippen molar-refractivity contribution < 1.29 is 39.9 Å². The predicted octanol–water partition coefficient (Wildman–Crippen LogP) is 9.95. The summed E-state index contributed by atoms with van der Waals surface area (Å²) < 4.78 is 121. The van der Waals surface area contributed by atoms with Crippen LogP contribution in [0.15, 0.2) is 91.3 Å². The monoisotopic (exact) mass is 626 g/mol. The van der Waals surface area contributed by atoms with Gasteiger partial charge in [-0.15, -0.1) is 0 Å². The van der Waals surface area contributed by atoms with E-state index < -0.39 is 52.3 Å². The van der Waals surface area contributed by atoms with Gasteiger partial charge in [-0.1, -0.05) is 30.4 Å². The average molecular weight is 627 g/mol. The van der Waals surface area contributed by atoms with Gasteiger partial charge in [0.25, 0.3) is 0 Å². The number of aryl methyl sites for hydroxylation is 1. The highest BCUT2D eigenvalue weighted by Crippen LogP contribution is 2.39. The number of hydrogen-bond acceptors (Lipinski definition) is 3. The molecule has 5 rings (SSSR count). The summed E-state index contributed by atoms with van der Waals surface area (Å²) in [6, 6.07) is 9.64. The summed E-state index contributed by atoms with van der Waals surface area (Å²) in [5, 5.41) is 0. The highest BCUT2D eigenvalue weighted by Gasteiger charge is 2.41. The lowest BCUT2D eigenvalue weighted by Gasteiger charge is -2.20. The zero-order valence-corrected chi connectivity index (χ0v) is 23.4. The number of alkyl halides is 2. The van der Waals surface area contributed by atoms with Crippen LogP contribution in [0.25, 0.3) is 33.6 Å². The Morgan fingerprint density at radius 3 is 1.84 bits per heavy atom. The SMILES string of the molecule is C/C=C/CCc1cnc(-c2ccc(-c3cc(F)c(C(F)(F)Oc4ccc(-c5ccc(F)c(F)c5)c(F)c4)c(F)c3)c(F)c2)nc1. The van der Waals surface area contributed by atoms with Gasteiger partial charge >= 0.3 is 6.11 Å². The van der Waals surface area contributed by atoms with Gasteiger partial charge in [-0.25, -0.2) is 36.3 Å². The number of ether oxygens (including phenoxy) is 1. The molecule has 1 heterocycles.